The predicted octanol–water partition coefficient (Wildman–Crippen LogP) is 8.27. The zero-order valence-corrected chi connectivity index (χ0v) is 21.3. The Balaban J connectivity index is 0.000000588. The lowest BCUT2D eigenvalue weighted by molar-refractivity contribution is 0.368. The fourth-order valence-corrected chi connectivity index (χ4v) is 10.2. The Morgan fingerprint density at radius 1 is 0.765 bits per heavy atom. The molecule has 4 rings (SSSR count). The second-order valence-electron chi connectivity index (χ2n) is 9.37. The molecule has 2 aromatic carbocycles. The molecule has 8 heteroatoms. The molecule has 0 spiro atoms. The van der Waals surface area contributed by atoms with E-state index in [1.54, 1.807) is 5.30 Å². The Bertz CT molecular complexity index is 847. The third-order valence-corrected chi connectivity index (χ3v) is 11.1. The Kier molecular flexibility index (Phi) is 10.1. The van der Waals surface area contributed by atoms with Gasteiger partial charge in [0.1, 0.15) is 0 Å². The van der Waals surface area contributed by atoms with Gasteiger partial charge in [-0.3, -0.25) is 0 Å². The zero-order chi connectivity index (χ0) is 24.6. The molecule has 0 aromatic heterocycles. The Morgan fingerprint density at radius 2 is 1.26 bits per heavy atom. The number of benzene rings is 2. The molecule has 188 valence electrons. The van der Waals surface area contributed by atoms with Gasteiger partial charge in [0, 0.05) is 20.7 Å². The summed E-state index contributed by atoms with van der Waals surface area (Å²) < 4.78 is 45.0. The quantitative estimate of drug-likeness (QED) is 0.226. The van der Waals surface area contributed by atoms with Crippen LogP contribution >= 0.6 is 7.92 Å². The van der Waals surface area contributed by atoms with Crippen molar-refractivity contribution in [2.45, 2.75) is 75.5 Å². The molecule has 2 aliphatic rings. The van der Waals surface area contributed by atoms with Gasteiger partial charge in [0.2, 0.25) is 0 Å². The first-order valence-corrected chi connectivity index (χ1v) is 14.1. The third kappa shape index (κ3) is 7.63. The van der Waals surface area contributed by atoms with Gasteiger partial charge in [0.15, 0.2) is 11.1 Å². The van der Waals surface area contributed by atoms with Crippen LogP contribution in [0.2, 0.25) is 0 Å². The molecular formula is C26H37BF4NOP. The molecule has 0 amide bonds. The number of halogens is 4. The van der Waals surface area contributed by atoms with E-state index in [-0.39, 0.29) is 0 Å². The van der Waals surface area contributed by atoms with Crippen molar-refractivity contribution in [1.82, 2.24) is 0 Å². The van der Waals surface area contributed by atoms with Gasteiger partial charge in [-0.05, 0) is 75.6 Å². The van der Waals surface area contributed by atoms with Crippen molar-refractivity contribution in [2.75, 3.05) is 19.1 Å². The van der Waals surface area contributed by atoms with Gasteiger partial charge >= 0.3 is 7.25 Å². The highest BCUT2D eigenvalue weighted by molar-refractivity contribution is 7.67. The Hall–Kier alpha value is -1.75. The van der Waals surface area contributed by atoms with Crippen LogP contribution in [0.5, 0.6) is 5.75 Å². The molecule has 0 bridgehead atoms. The highest BCUT2D eigenvalue weighted by Crippen LogP contribution is 2.58. The van der Waals surface area contributed by atoms with Gasteiger partial charge in [-0.1, -0.05) is 37.1 Å². The van der Waals surface area contributed by atoms with Gasteiger partial charge < -0.3 is 26.9 Å². The van der Waals surface area contributed by atoms with Crippen molar-refractivity contribution in [3.8, 4) is 5.75 Å². The number of methoxy groups -OCH3 is 1. The SMILES string of the molecule is COc1cccc(N(C)c2ccccc2)c1[PH+](C1CCCCC1)C1CCCCC1.F[B-](F)(F)F. The molecule has 34 heavy (non-hydrogen) atoms. The summed E-state index contributed by atoms with van der Waals surface area (Å²) in [5.41, 5.74) is 4.43. The fraction of sp³-hybridized carbons (Fsp3) is 0.538. The standard InChI is InChI=1S/C26H36NOP.BF4/c1-27(21-13-6-3-7-14-21)24-19-12-20-25(28-2)26(24)29(22-15-8-4-9-16-22)23-17-10-5-11-18-23;2-1(3,4)5/h3,6-7,12-14,19-20,22-23H,4-5,8-11,15-18H2,1-2H3;/q;-1/p+1. The van der Waals surface area contributed by atoms with E-state index < -0.39 is 15.2 Å². The van der Waals surface area contributed by atoms with Crippen LogP contribution in [0.15, 0.2) is 48.5 Å². The number of nitrogens with zero attached hydrogens (tertiary/aromatic N) is 1. The van der Waals surface area contributed by atoms with Crippen LogP contribution in [0.25, 0.3) is 0 Å². The number of hydrogen-bond acceptors (Lipinski definition) is 2. The molecule has 0 saturated heterocycles. The van der Waals surface area contributed by atoms with Crippen molar-refractivity contribution < 1.29 is 22.0 Å². The van der Waals surface area contributed by atoms with Crippen molar-refractivity contribution in [3.05, 3.63) is 48.5 Å². The highest BCUT2D eigenvalue weighted by atomic mass is 31.1. The van der Waals surface area contributed by atoms with Gasteiger partial charge in [-0.2, -0.15) is 0 Å². The summed E-state index contributed by atoms with van der Waals surface area (Å²) >= 11 is 0. The molecule has 2 nitrogen and oxygen atoms in total. The zero-order valence-electron chi connectivity index (χ0n) is 20.3. The van der Waals surface area contributed by atoms with E-state index in [0.717, 1.165) is 17.1 Å². The average molecular weight is 497 g/mol. The molecule has 0 heterocycles. The summed E-state index contributed by atoms with van der Waals surface area (Å²) in [6.07, 6.45) is 14.3. The summed E-state index contributed by atoms with van der Waals surface area (Å²) in [6, 6.07) is 17.5. The second-order valence-corrected chi connectivity index (χ2v) is 12.4. The van der Waals surface area contributed by atoms with Crippen LogP contribution in [0.1, 0.15) is 64.2 Å². The van der Waals surface area contributed by atoms with Crippen molar-refractivity contribution >= 4 is 31.9 Å². The Labute approximate surface area is 202 Å². The number of ether oxygens (including phenoxy) is 1. The van der Waals surface area contributed by atoms with Crippen molar-refractivity contribution in [3.63, 3.8) is 0 Å². The molecule has 0 unspecified atom stereocenters. The maximum atomic E-state index is 9.75. The van der Waals surface area contributed by atoms with E-state index >= 15 is 0 Å². The normalized spacial score (nSPS) is 17.7. The first-order chi connectivity index (χ1) is 16.3. The smallest absolute Gasteiger partial charge is 0.493 e. The molecule has 0 atom stereocenters. The van der Waals surface area contributed by atoms with Crippen molar-refractivity contribution in [2.24, 2.45) is 0 Å². The summed E-state index contributed by atoms with van der Waals surface area (Å²) in [7, 11) is -2.61. The number of hydrogen-bond donors (Lipinski definition) is 0. The summed E-state index contributed by atoms with van der Waals surface area (Å²) in [4.78, 5) is 2.40. The minimum atomic E-state index is -6.00. The van der Waals surface area contributed by atoms with Crippen LogP contribution in [0.3, 0.4) is 0 Å². The molecule has 2 saturated carbocycles. The maximum Gasteiger partial charge on any atom is 0.673 e. The monoisotopic (exact) mass is 497 g/mol. The lowest BCUT2D eigenvalue weighted by Gasteiger charge is -2.35. The number of anilines is 2. The van der Waals surface area contributed by atoms with Gasteiger partial charge in [0.25, 0.3) is 0 Å². The summed E-state index contributed by atoms with van der Waals surface area (Å²) in [6.45, 7) is 0. The fourth-order valence-electron chi connectivity index (χ4n) is 5.62. The molecule has 0 aliphatic heterocycles. The van der Waals surface area contributed by atoms with E-state index in [2.05, 4.69) is 60.5 Å². The lowest BCUT2D eigenvalue weighted by Crippen LogP contribution is -2.30. The predicted molar refractivity (Wildman–Crippen MR) is 139 cm³/mol. The molecule has 2 aliphatic carbocycles. The molecule has 2 aromatic rings. The Morgan fingerprint density at radius 3 is 1.74 bits per heavy atom. The van der Waals surface area contributed by atoms with Gasteiger partial charge in [0.05, 0.1) is 24.1 Å². The minimum absolute atomic E-state index is 0.713. The van der Waals surface area contributed by atoms with E-state index in [0.29, 0.717) is 0 Å². The second kappa shape index (κ2) is 12.8. The molecular weight excluding hydrogens is 460 g/mol. The lowest BCUT2D eigenvalue weighted by atomic mass is 9.99. The molecule has 0 N–H and O–H groups in total. The largest absolute Gasteiger partial charge is 0.673 e. The van der Waals surface area contributed by atoms with E-state index in [1.165, 1.54) is 75.6 Å². The molecule has 0 radical (unpaired) electrons. The minimum Gasteiger partial charge on any atom is -0.493 e. The topological polar surface area (TPSA) is 12.5 Å². The first kappa shape index (κ1) is 26.9. The van der Waals surface area contributed by atoms with Crippen LogP contribution in [0.4, 0.5) is 28.6 Å². The van der Waals surface area contributed by atoms with Gasteiger partial charge in [-0.25, -0.2) is 0 Å². The van der Waals surface area contributed by atoms with Crippen LogP contribution in [-0.4, -0.2) is 32.7 Å². The summed E-state index contributed by atoms with van der Waals surface area (Å²) in [5, 5.41) is 1.57. The van der Waals surface area contributed by atoms with E-state index in [9.17, 15) is 17.3 Å². The van der Waals surface area contributed by atoms with Gasteiger partial charge in [-0.15, -0.1) is 0 Å². The third-order valence-electron chi connectivity index (χ3n) is 7.11. The number of para-hydroxylation sites is 1. The van der Waals surface area contributed by atoms with Crippen molar-refractivity contribution in [1.29, 1.82) is 0 Å². The summed E-state index contributed by atoms with van der Waals surface area (Å²) in [5.74, 6) is 1.13. The first-order valence-electron chi connectivity index (χ1n) is 12.5. The van der Waals surface area contributed by atoms with Crippen LogP contribution in [0, 0.1) is 0 Å². The highest BCUT2D eigenvalue weighted by Gasteiger charge is 2.42. The number of rotatable bonds is 6. The van der Waals surface area contributed by atoms with E-state index in [4.69, 9.17) is 4.74 Å². The van der Waals surface area contributed by atoms with E-state index in [1.807, 2.05) is 7.11 Å². The van der Waals surface area contributed by atoms with Crippen LogP contribution < -0.4 is 14.9 Å². The molecule has 2 fully saturated rings. The maximum absolute atomic E-state index is 9.75. The average Bonchev–Trinajstić information content (AvgIpc) is 2.85. The van der Waals surface area contributed by atoms with Crippen LogP contribution in [-0.2, 0) is 0 Å².